The highest BCUT2D eigenvalue weighted by Crippen LogP contribution is 2.35. The zero-order chi connectivity index (χ0) is 33.4. The van der Waals surface area contributed by atoms with Crippen molar-refractivity contribution >= 4 is 45.9 Å². The fourth-order valence-electron chi connectivity index (χ4n) is 6.69. The second kappa shape index (κ2) is 13.2. The Hall–Kier alpha value is -5.02. The number of amides is 1. The second-order valence-corrected chi connectivity index (χ2v) is 13.6. The van der Waals surface area contributed by atoms with Gasteiger partial charge in [-0.25, -0.2) is 9.79 Å². The monoisotopic (exact) mass is 658 g/mol. The van der Waals surface area contributed by atoms with E-state index in [1.807, 2.05) is 88.5 Å². The van der Waals surface area contributed by atoms with Crippen molar-refractivity contribution in [3.8, 4) is 0 Å². The molecule has 48 heavy (non-hydrogen) atoms. The van der Waals surface area contributed by atoms with Crippen LogP contribution < -0.4 is 14.9 Å². The molecule has 1 amide bonds. The van der Waals surface area contributed by atoms with E-state index in [9.17, 15) is 14.4 Å². The van der Waals surface area contributed by atoms with E-state index >= 15 is 0 Å². The predicted octanol–water partition coefficient (Wildman–Crippen LogP) is 5.64. The van der Waals surface area contributed by atoms with E-state index in [-0.39, 0.29) is 24.6 Å². The van der Waals surface area contributed by atoms with Crippen LogP contribution in [0.2, 0.25) is 0 Å². The van der Waals surface area contributed by atoms with Crippen molar-refractivity contribution in [2.24, 2.45) is 4.99 Å². The molecule has 0 bridgehead atoms. The number of thiazole rings is 1. The topological polar surface area (TPSA) is 85.9 Å². The van der Waals surface area contributed by atoms with E-state index in [0.717, 1.165) is 59.1 Å². The first-order chi connectivity index (χ1) is 23.3. The molecular weight excluding hydrogens is 621 g/mol. The lowest BCUT2D eigenvalue weighted by molar-refractivity contribution is -0.139. The lowest BCUT2D eigenvalue weighted by Gasteiger charge is -2.26. The highest BCUT2D eigenvalue weighted by Gasteiger charge is 2.35. The van der Waals surface area contributed by atoms with Gasteiger partial charge in [0.2, 0.25) is 5.91 Å². The normalized spacial score (nSPS) is 16.5. The summed E-state index contributed by atoms with van der Waals surface area (Å²) in [6.45, 7) is 8.07. The SMILES string of the molecule is CCOC(=O)C1=C(c2ccccc2)N=c2s/c(=C/c3cn(CC(=O)N4CCCC4)c4ccccc34)c(=O)n2[C@H]1c1ccc(C(C)C)cc1. The smallest absolute Gasteiger partial charge is 0.338 e. The number of likely N-dealkylation sites (tertiary alicyclic amines) is 1. The summed E-state index contributed by atoms with van der Waals surface area (Å²) in [6, 6.07) is 24.9. The van der Waals surface area contributed by atoms with Crippen LogP contribution in [0.5, 0.6) is 0 Å². The fraction of sp³-hybridized carbons (Fsp3) is 0.282. The van der Waals surface area contributed by atoms with E-state index in [4.69, 9.17) is 9.73 Å². The summed E-state index contributed by atoms with van der Waals surface area (Å²) in [7, 11) is 0. The average molecular weight is 659 g/mol. The summed E-state index contributed by atoms with van der Waals surface area (Å²) in [5.74, 6) is -0.0746. The Morgan fingerprint density at radius 2 is 1.69 bits per heavy atom. The van der Waals surface area contributed by atoms with Crippen molar-refractivity contribution in [1.29, 1.82) is 0 Å². The molecule has 2 aliphatic heterocycles. The lowest BCUT2D eigenvalue weighted by atomic mass is 9.91. The van der Waals surface area contributed by atoms with Crippen LogP contribution in [0, 0.1) is 0 Å². The molecule has 1 saturated heterocycles. The molecule has 0 N–H and O–H groups in total. The molecule has 0 aliphatic carbocycles. The van der Waals surface area contributed by atoms with E-state index < -0.39 is 12.0 Å². The molecule has 0 spiro atoms. The van der Waals surface area contributed by atoms with Crippen molar-refractivity contribution in [2.45, 2.75) is 52.1 Å². The number of hydrogen-bond acceptors (Lipinski definition) is 6. The van der Waals surface area contributed by atoms with Crippen LogP contribution >= 0.6 is 11.3 Å². The van der Waals surface area contributed by atoms with Crippen LogP contribution in [0.15, 0.2) is 100 Å². The Morgan fingerprint density at radius 3 is 2.40 bits per heavy atom. The molecule has 0 radical (unpaired) electrons. The summed E-state index contributed by atoms with van der Waals surface area (Å²) in [4.78, 5) is 48.8. The molecule has 1 fully saturated rings. The largest absolute Gasteiger partial charge is 0.463 e. The number of fused-ring (bicyclic) bond motifs is 2. The maximum atomic E-state index is 14.5. The molecule has 244 valence electrons. The number of benzene rings is 3. The van der Waals surface area contributed by atoms with Gasteiger partial charge in [0.1, 0.15) is 6.54 Å². The Balaban J connectivity index is 1.42. The number of carbonyl (C=O) groups excluding carboxylic acids is 2. The van der Waals surface area contributed by atoms with Gasteiger partial charge in [-0.2, -0.15) is 0 Å². The number of esters is 1. The van der Waals surface area contributed by atoms with Gasteiger partial charge in [-0.05, 0) is 49.0 Å². The summed E-state index contributed by atoms with van der Waals surface area (Å²) in [6.07, 6.45) is 5.92. The van der Waals surface area contributed by atoms with E-state index in [1.54, 1.807) is 11.5 Å². The molecular formula is C39H38N4O4S. The zero-order valence-corrected chi connectivity index (χ0v) is 28.2. The summed E-state index contributed by atoms with van der Waals surface area (Å²) in [5.41, 5.74) is 5.10. The van der Waals surface area contributed by atoms with Gasteiger partial charge in [-0.15, -0.1) is 0 Å². The third-order valence-electron chi connectivity index (χ3n) is 9.16. The van der Waals surface area contributed by atoms with Crippen molar-refractivity contribution in [3.63, 3.8) is 0 Å². The highest BCUT2D eigenvalue weighted by molar-refractivity contribution is 7.07. The molecule has 4 heterocycles. The summed E-state index contributed by atoms with van der Waals surface area (Å²) in [5, 5.41) is 0.954. The summed E-state index contributed by atoms with van der Waals surface area (Å²) < 4.78 is 9.71. The fourth-order valence-corrected chi connectivity index (χ4v) is 7.69. The van der Waals surface area contributed by atoms with Gasteiger partial charge in [0.25, 0.3) is 5.56 Å². The first-order valence-corrected chi connectivity index (χ1v) is 17.4. The molecule has 2 aliphatic rings. The minimum absolute atomic E-state index is 0.0996. The van der Waals surface area contributed by atoms with Crippen LogP contribution in [0.1, 0.15) is 67.8 Å². The number of rotatable bonds is 8. The number of ether oxygens (including phenoxy) is 1. The van der Waals surface area contributed by atoms with Crippen molar-refractivity contribution < 1.29 is 14.3 Å². The van der Waals surface area contributed by atoms with Crippen LogP contribution in [-0.4, -0.2) is 45.6 Å². The van der Waals surface area contributed by atoms with Crippen molar-refractivity contribution in [2.75, 3.05) is 19.7 Å². The third-order valence-corrected chi connectivity index (χ3v) is 10.1. The molecule has 5 aromatic rings. The van der Waals surface area contributed by atoms with Crippen LogP contribution in [0.4, 0.5) is 0 Å². The minimum atomic E-state index is -0.738. The van der Waals surface area contributed by atoms with Crippen molar-refractivity contribution in [1.82, 2.24) is 14.0 Å². The van der Waals surface area contributed by atoms with Gasteiger partial charge in [0, 0.05) is 41.3 Å². The molecule has 2 aromatic heterocycles. The molecule has 8 nitrogen and oxygen atoms in total. The Kier molecular flexibility index (Phi) is 8.71. The zero-order valence-electron chi connectivity index (χ0n) is 27.4. The van der Waals surface area contributed by atoms with Gasteiger partial charge in [-0.3, -0.25) is 14.2 Å². The number of aromatic nitrogens is 2. The van der Waals surface area contributed by atoms with Gasteiger partial charge in [0.05, 0.1) is 28.5 Å². The number of carbonyl (C=O) groups is 2. The Labute approximate surface area is 282 Å². The molecule has 9 heteroatoms. The Bertz CT molecular complexity index is 2220. The molecule has 1 atom stereocenters. The van der Waals surface area contributed by atoms with Gasteiger partial charge in [-0.1, -0.05) is 98.0 Å². The maximum absolute atomic E-state index is 14.5. The highest BCUT2D eigenvalue weighted by atomic mass is 32.1. The van der Waals surface area contributed by atoms with E-state index in [1.165, 1.54) is 11.3 Å². The maximum Gasteiger partial charge on any atom is 0.338 e. The van der Waals surface area contributed by atoms with Crippen molar-refractivity contribution in [3.05, 3.63) is 133 Å². The van der Waals surface area contributed by atoms with Crippen LogP contribution in [-0.2, 0) is 20.9 Å². The molecule has 0 saturated carbocycles. The first kappa shape index (κ1) is 31.6. The number of para-hydroxylation sites is 1. The average Bonchev–Trinajstić information content (AvgIpc) is 3.84. The van der Waals surface area contributed by atoms with Gasteiger partial charge >= 0.3 is 5.97 Å². The Morgan fingerprint density at radius 1 is 0.979 bits per heavy atom. The quantitative estimate of drug-likeness (QED) is 0.202. The molecule has 0 unspecified atom stereocenters. The number of hydrogen-bond donors (Lipinski definition) is 0. The first-order valence-electron chi connectivity index (χ1n) is 16.6. The third kappa shape index (κ3) is 5.83. The minimum Gasteiger partial charge on any atom is -0.463 e. The van der Waals surface area contributed by atoms with Gasteiger partial charge < -0.3 is 14.2 Å². The van der Waals surface area contributed by atoms with Crippen LogP contribution in [0.25, 0.3) is 22.7 Å². The predicted molar refractivity (Wildman–Crippen MR) is 189 cm³/mol. The number of nitrogens with zero attached hydrogens (tertiary/aromatic N) is 4. The van der Waals surface area contributed by atoms with E-state index in [2.05, 4.69) is 26.0 Å². The van der Waals surface area contributed by atoms with E-state index in [0.29, 0.717) is 26.5 Å². The lowest BCUT2D eigenvalue weighted by Crippen LogP contribution is -2.40. The standard InChI is InChI=1S/C39H38N4O4S/c1-4-47-38(46)34-35(27-12-6-5-7-13-27)40-39-43(36(34)28-18-16-26(17-19-28)25(2)3)37(45)32(48-39)22-29-23-42(31-15-9-8-14-30(29)31)24-33(44)41-20-10-11-21-41/h5-9,12-19,22-23,25,36H,4,10-11,20-21,24H2,1-3H3/b32-22+/t36-/m0/s1. The molecule has 3 aromatic carbocycles. The second-order valence-electron chi connectivity index (χ2n) is 12.6. The van der Waals surface area contributed by atoms with Crippen LogP contribution in [0.3, 0.4) is 0 Å². The summed E-state index contributed by atoms with van der Waals surface area (Å²) >= 11 is 1.30. The molecule has 7 rings (SSSR count). The van der Waals surface area contributed by atoms with Gasteiger partial charge in [0.15, 0.2) is 4.80 Å².